The summed E-state index contributed by atoms with van der Waals surface area (Å²) in [6.07, 6.45) is -2.78. The summed E-state index contributed by atoms with van der Waals surface area (Å²) >= 11 is 0. The number of alkyl halides is 3. The summed E-state index contributed by atoms with van der Waals surface area (Å²) in [5.74, 6) is 1.14. The monoisotopic (exact) mass is 300 g/mol. The molecule has 2 N–H and O–H groups in total. The van der Waals surface area contributed by atoms with Gasteiger partial charge in [-0.05, 0) is 49.3 Å². The molecule has 1 aromatic carbocycles. The van der Waals surface area contributed by atoms with Crippen LogP contribution < -0.4 is 10.6 Å². The van der Waals surface area contributed by atoms with E-state index in [2.05, 4.69) is 6.92 Å². The van der Waals surface area contributed by atoms with Crippen molar-refractivity contribution in [2.45, 2.75) is 38.9 Å². The van der Waals surface area contributed by atoms with E-state index in [1.165, 1.54) is 6.07 Å². The second-order valence-corrected chi connectivity index (χ2v) is 6.38. The van der Waals surface area contributed by atoms with Crippen LogP contribution in [0.3, 0.4) is 0 Å². The number of hydrogen-bond acceptors (Lipinski definition) is 2. The van der Waals surface area contributed by atoms with E-state index in [-0.39, 0.29) is 11.7 Å². The number of halogens is 3. The highest BCUT2D eigenvalue weighted by Crippen LogP contribution is 2.41. The topological polar surface area (TPSA) is 29.3 Å². The Morgan fingerprint density at radius 3 is 2.48 bits per heavy atom. The minimum Gasteiger partial charge on any atom is -0.374 e. The molecule has 21 heavy (non-hydrogen) atoms. The van der Waals surface area contributed by atoms with Gasteiger partial charge in [-0.2, -0.15) is 13.2 Å². The van der Waals surface area contributed by atoms with Crippen molar-refractivity contribution in [3.8, 4) is 0 Å². The largest absolute Gasteiger partial charge is 0.418 e. The van der Waals surface area contributed by atoms with Crippen LogP contribution in [-0.2, 0) is 12.6 Å². The second kappa shape index (κ2) is 5.87. The second-order valence-electron chi connectivity index (χ2n) is 6.38. The zero-order valence-corrected chi connectivity index (χ0v) is 12.7. The molecule has 0 heterocycles. The first-order valence-electron chi connectivity index (χ1n) is 7.35. The molecule has 1 saturated carbocycles. The van der Waals surface area contributed by atoms with Crippen LogP contribution in [0.2, 0.25) is 0 Å². The van der Waals surface area contributed by atoms with Crippen LogP contribution in [0.4, 0.5) is 18.9 Å². The number of rotatable bonds is 5. The Kier molecular flexibility index (Phi) is 4.51. The lowest BCUT2D eigenvalue weighted by Gasteiger charge is -2.24. The number of hydrogen-bond donors (Lipinski definition) is 1. The number of benzene rings is 1. The maximum atomic E-state index is 13.3. The van der Waals surface area contributed by atoms with E-state index >= 15 is 0 Å². The van der Waals surface area contributed by atoms with Gasteiger partial charge >= 0.3 is 6.18 Å². The average molecular weight is 300 g/mol. The summed E-state index contributed by atoms with van der Waals surface area (Å²) in [4.78, 5) is 1.73. The quantitative estimate of drug-likeness (QED) is 0.898. The van der Waals surface area contributed by atoms with Gasteiger partial charge in [0.2, 0.25) is 0 Å². The molecule has 1 fully saturated rings. The molecule has 0 bridgehead atoms. The van der Waals surface area contributed by atoms with Crippen molar-refractivity contribution in [1.29, 1.82) is 0 Å². The van der Waals surface area contributed by atoms with Crippen molar-refractivity contribution in [2.24, 2.45) is 17.6 Å². The maximum Gasteiger partial charge on any atom is 0.418 e. The van der Waals surface area contributed by atoms with Gasteiger partial charge in [-0.3, -0.25) is 0 Å². The van der Waals surface area contributed by atoms with E-state index in [1.54, 1.807) is 31.0 Å². The molecule has 0 spiro atoms. The number of nitrogens with zero attached hydrogens (tertiary/aromatic N) is 1. The van der Waals surface area contributed by atoms with E-state index in [0.29, 0.717) is 30.4 Å². The van der Waals surface area contributed by atoms with Crippen molar-refractivity contribution in [3.05, 3.63) is 29.3 Å². The third kappa shape index (κ3) is 4.13. The Hall–Kier alpha value is -1.23. The molecule has 118 valence electrons. The van der Waals surface area contributed by atoms with Gasteiger partial charge in [0, 0.05) is 25.3 Å². The molecule has 0 radical (unpaired) electrons. The van der Waals surface area contributed by atoms with E-state index < -0.39 is 11.7 Å². The summed E-state index contributed by atoms with van der Waals surface area (Å²) in [7, 11) is 1.74. The molecule has 3 atom stereocenters. The summed E-state index contributed by atoms with van der Waals surface area (Å²) in [6, 6.07) is 4.42. The summed E-state index contributed by atoms with van der Waals surface area (Å²) in [5.41, 5.74) is 6.01. The molecule has 1 aromatic rings. The average Bonchev–Trinajstić information content (AvgIpc) is 3.02. The Morgan fingerprint density at radius 2 is 2.00 bits per heavy atom. The lowest BCUT2D eigenvalue weighted by molar-refractivity contribution is -0.137. The zero-order chi connectivity index (χ0) is 15.8. The van der Waals surface area contributed by atoms with Gasteiger partial charge in [-0.1, -0.05) is 13.0 Å². The van der Waals surface area contributed by atoms with Crippen molar-refractivity contribution >= 4 is 5.69 Å². The van der Waals surface area contributed by atoms with E-state index in [4.69, 9.17) is 5.73 Å². The molecule has 1 aliphatic carbocycles. The Morgan fingerprint density at radius 1 is 1.38 bits per heavy atom. The lowest BCUT2D eigenvalue weighted by atomic mass is 10.0. The van der Waals surface area contributed by atoms with Crippen LogP contribution in [0.5, 0.6) is 0 Å². The molecule has 0 aliphatic heterocycles. The van der Waals surface area contributed by atoms with Crippen LogP contribution in [0.1, 0.15) is 31.4 Å². The van der Waals surface area contributed by atoms with Crippen molar-refractivity contribution in [2.75, 3.05) is 18.5 Å². The molecule has 3 unspecified atom stereocenters. The highest BCUT2D eigenvalue weighted by atomic mass is 19.4. The van der Waals surface area contributed by atoms with Crippen LogP contribution in [0.15, 0.2) is 18.2 Å². The maximum absolute atomic E-state index is 13.3. The molecule has 0 aromatic heterocycles. The van der Waals surface area contributed by atoms with Gasteiger partial charge in [0.1, 0.15) is 0 Å². The summed E-state index contributed by atoms with van der Waals surface area (Å²) < 4.78 is 39.9. The van der Waals surface area contributed by atoms with Gasteiger partial charge in [-0.15, -0.1) is 0 Å². The highest BCUT2D eigenvalue weighted by molar-refractivity contribution is 5.56. The summed E-state index contributed by atoms with van der Waals surface area (Å²) in [6.45, 7) is 4.60. The fourth-order valence-electron chi connectivity index (χ4n) is 2.75. The highest BCUT2D eigenvalue weighted by Gasteiger charge is 2.37. The van der Waals surface area contributed by atoms with Crippen molar-refractivity contribution in [1.82, 2.24) is 0 Å². The molecule has 0 saturated heterocycles. The van der Waals surface area contributed by atoms with Gasteiger partial charge in [0.05, 0.1) is 5.56 Å². The Labute approximate surface area is 124 Å². The fraction of sp³-hybridized carbons (Fsp3) is 0.625. The molecular weight excluding hydrogens is 277 g/mol. The zero-order valence-electron chi connectivity index (χ0n) is 12.7. The minimum atomic E-state index is -4.34. The van der Waals surface area contributed by atoms with Gasteiger partial charge in [0.15, 0.2) is 0 Å². The van der Waals surface area contributed by atoms with E-state index in [1.807, 2.05) is 0 Å². The minimum absolute atomic E-state index is 0.151. The predicted octanol–water partition coefficient (Wildman–Crippen LogP) is 3.69. The van der Waals surface area contributed by atoms with Crippen molar-refractivity contribution in [3.63, 3.8) is 0 Å². The Balaban J connectivity index is 2.26. The lowest BCUT2D eigenvalue weighted by Crippen LogP contribution is -2.24. The van der Waals surface area contributed by atoms with Gasteiger partial charge < -0.3 is 10.6 Å². The van der Waals surface area contributed by atoms with Crippen molar-refractivity contribution < 1.29 is 13.2 Å². The number of nitrogens with two attached hydrogens (primary N) is 1. The standard InChI is InChI=1S/C16H23F3N2/c1-10-6-13(10)9-21(3)15-5-4-12(7-11(2)20)8-14(15)16(17,18)19/h4-5,8,10-11,13H,6-7,9,20H2,1-3H3. The first kappa shape index (κ1) is 16.1. The fourth-order valence-corrected chi connectivity index (χ4v) is 2.75. The smallest absolute Gasteiger partial charge is 0.374 e. The molecule has 1 aliphatic rings. The molecule has 5 heteroatoms. The van der Waals surface area contributed by atoms with E-state index in [9.17, 15) is 13.2 Å². The first-order chi connectivity index (χ1) is 9.68. The molecule has 0 amide bonds. The predicted molar refractivity (Wildman–Crippen MR) is 79.3 cm³/mol. The SMILES string of the molecule is CC(N)Cc1ccc(N(C)CC2CC2C)c(C(F)(F)F)c1. The number of anilines is 1. The van der Waals surface area contributed by atoms with Gasteiger partial charge in [-0.25, -0.2) is 0 Å². The third-order valence-corrected chi connectivity index (χ3v) is 4.12. The Bertz CT molecular complexity index is 497. The van der Waals surface area contributed by atoms with Crippen LogP contribution in [-0.4, -0.2) is 19.6 Å². The van der Waals surface area contributed by atoms with E-state index in [0.717, 1.165) is 6.42 Å². The summed E-state index contributed by atoms with van der Waals surface area (Å²) in [5, 5.41) is 0. The van der Waals surface area contributed by atoms with Crippen LogP contribution >= 0.6 is 0 Å². The van der Waals surface area contributed by atoms with Crippen LogP contribution in [0.25, 0.3) is 0 Å². The van der Waals surface area contributed by atoms with Gasteiger partial charge in [0.25, 0.3) is 0 Å². The molecule has 2 rings (SSSR count). The molecule has 2 nitrogen and oxygen atoms in total. The third-order valence-electron chi connectivity index (χ3n) is 4.12. The molecular formula is C16H23F3N2. The van der Waals surface area contributed by atoms with Crippen LogP contribution in [0, 0.1) is 11.8 Å². The normalized spacial score (nSPS) is 23.0. The first-order valence-corrected chi connectivity index (χ1v) is 7.35.